The zero-order valence-corrected chi connectivity index (χ0v) is 15.2. The van der Waals surface area contributed by atoms with Crippen molar-refractivity contribution in [2.45, 2.75) is 10.9 Å². The highest BCUT2D eigenvalue weighted by Gasteiger charge is 2.00. The smallest absolute Gasteiger partial charge is 0.191 e. The fourth-order valence-electron chi connectivity index (χ4n) is 1.98. The summed E-state index contributed by atoms with van der Waals surface area (Å²) in [6, 6.07) is 22.2. The van der Waals surface area contributed by atoms with E-state index >= 15 is 0 Å². The summed E-state index contributed by atoms with van der Waals surface area (Å²) in [4.78, 5) is 13.2. The molecule has 0 aliphatic heterocycles. The number of hydrogen-bond donors (Lipinski definition) is 0. The third kappa shape index (κ3) is 6.21. The second-order valence-corrected chi connectivity index (χ2v) is 6.88. The topological polar surface area (TPSA) is 38.1 Å². The van der Waals surface area contributed by atoms with Crippen molar-refractivity contribution in [3.63, 3.8) is 0 Å². The van der Waals surface area contributed by atoms with Crippen molar-refractivity contribution in [1.82, 2.24) is 9.97 Å². The molecule has 0 unspecified atom stereocenters. The minimum absolute atomic E-state index is 0.728. The molecule has 1 heterocycles. The molecule has 0 fully saturated rings. The Morgan fingerprint density at radius 2 is 1.56 bits per heavy atom. The van der Waals surface area contributed by atoms with Gasteiger partial charge < -0.3 is 0 Å². The van der Waals surface area contributed by atoms with Gasteiger partial charge in [-0.2, -0.15) is 0 Å². The predicted octanol–water partition coefficient (Wildman–Crippen LogP) is 5.75. The summed E-state index contributed by atoms with van der Waals surface area (Å²) < 4.78 is 0. The summed E-state index contributed by atoms with van der Waals surface area (Å²) in [7, 11) is 0. The van der Waals surface area contributed by atoms with Crippen LogP contribution in [0.1, 0.15) is 5.56 Å². The van der Waals surface area contributed by atoms with E-state index in [9.17, 15) is 0 Å². The second-order valence-electron chi connectivity index (χ2n) is 5.01. The maximum absolute atomic E-state index is 4.74. The Balaban J connectivity index is 1.71. The lowest BCUT2D eigenvalue weighted by molar-refractivity contribution is 0.971. The van der Waals surface area contributed by atoms with Crippen molar-refractivity contribution in [2.24, 2.45) is 4.99 Å². The molecule has 3 nitrogen and oxygen atoms in total. The zero-order chi connectivity index (χ0) is 17.2. The van der Waals surface area contributed by atoms with Crippen LogP contribution in [-0.4, -0.2) is 15.0 Å². The third-order valence-electron chi connectivity index (χ3n) is 3.15. The molecule has 2 aromatic carbocycles. The first-order valence-corrected chi connectivity index (χ1v) is 9.67. The van der Waals surface area contributed by atoms with Crippen LogP contribution in [0, 0.1) is 0 Å². The van der Waals surface area contributed by atoms with Gasteiger partial charge in [0.2, 0.25) is 0 Å². The average Bonchev–Trinajstić information content (AvgIpc) is 2.68. The van der Waals surface area contributed by atoms with E-state index in [2.05, 4.69) is 34.2 Å². The van der Waals surface area contributed by atoms with Gasteiger partial charge in [0.25, 0.3) is 0 Å². The number of hydrogen-bond acceptors (Lipinski definition) is 5. The van der Waals surface area contributed by atoms with Crippen LogP contribution in [0.25, 0.3) is 0 Å². The fourth-order valence-corrected chi connectivity index (χ4v) is 3.47. The molecule has 0 N–H and O–H groups in total. The Morgan fingerprint density at radius 1 is 0.880 bits per heavy atom. The summed E-state index contributed by atoms with van der Waals surface area (Å²) in [6.45, 7) is 0. The van der Waals surface area contributed by atoms with Crippen molar-refractivity contribution in [1.29, 1.82) is 0 Å². The third-order valence-corrected chi connectivity index (χ3v) is 4.85. The van der Waals surface area contributed by atoms with Gasteiger partial charge in [0, 0.05) is 18.1 Å². The number of para-hydroxylation sites is 1. The molecule has 0 saturated heterocycles. The first kappa shape index (κ1) is 17.5. The van der Waals surface area contributed by atoms with Gasteiger partial charge in [-0.3, -0.25) is 0 Å². The molecule has 0 spiro atoms. The van der Waals surface area contributed by atoms with Gasteiger partial charge in [-0.25, -0.2) is 15.0 Å². The molecule has 1 aromatic heterocycles. The van der Waals surface area contributed by atoms with Crippen molar-refractivity contribution in [3.05, 3.63) is 96.2 Å². The van der Waals surface area contributed by atoms with Crippen LogP contribution in [-0.2, 0) is 5.75 Å². The molecule has 0 saturated carbocycles. The van der Waals surface area contributed by atoms with Crippen LogP contribution in [0.4, 0.5) is 5.69 Å². The van der Waals surface area contributed by atoms with E-state index in [1.807, 2.05) is 53.9 Å². The maximum atomic E-state index is 4.74. The first-order valence-electron chi connectivity index (χ1n) is 7.81. The van der Waals surface area contributed by atoms with Crippen LogP contribution in [0.2, 0.25) is 0 Å². The Morgan fingerprint density at radius 3 is 2.28 bits per heavy atom. The van der Waals surface area contributed by atoms with E-state index in [1.54, 1.807) is 24.2 Å². The summed E-state index contributed by atoms with van der Waals surface area (Å²) in [6.07, 6.45) is 5.50. The van der Waals surface area contributed by atoms with Crippen LogP contribution in [0.3, 0.4) is 0 Å². The minimum atomic E-state index is 0.728. The highest BCUT2D eigenvalue weighted by Crippen LogP contribution is 2.21. The number of thioether (sulfide) groups is 2. The molecule has 0 amide bonds. The fraction of sp³-hybridized carbons (Fsp3) is 0.0500. The standard InChI is InChI=1S/C20H17N3S2/c1-3-8-17(9-4-1)16-25-19(23-18-10-5-2-6-11-18)12-15-24-20-21-13-7-14-22-20/h1-15H,16H2. The summed E-state index contributed by atoms with van der Waals surface area (Å²) in [5, 5.41) is 3.67. The van der Waals surface area contributed by atoms with Crippen molar-refractivity contribution in [2.75, 3.05) is 0 Å². The molecule has 0 bridgehead atoms. The van der Waals surface area contributed by atoms with E-state index in [0.29, 0.717) is 0 Å². The van der Waals surface area contributed by atoms with Gasteiger partial charge in [-0.15, -0.1) is 11.8 Å². The lowest BCUT2D eigenvalue weighted by atomic mass is 10.2. The lowest BCUT2D eigenvalue weighted by Crippen LogP contribution is -1.89. The van der Waals surface area contributed by atoms with E-state index in [1.165, 1.54) is 17.3 Å². The summed E-state index contributed by atoms with van der Waals surface area (Å²) >= 11 is 3.20. The second kappa shape index (κ2) is 9.81. The van der Waals surface area contributed by atoms with Gasteiger partial charge in [0.1, 0.15) is 0 Å². The maximum Gasteiger partial charge on any atom is 0.191 e. The summed E-state index contributed by atoms with van der Waals surface area (Å²) in [5.74, 6) is 0.878. The SMILES string of the molecule is C(=CC(=Nc1ccccc1)SCc1ccccc1)Sc1ncccn1. The number of benzene rings is 2. The molecule has 5 heteroatoms. The molecule has 0 atom stereocenters. The molecule has 124 valence electrons. The van der Waals surface area contributed by atoms with Crippen LogP contribution in [0.5, 0.6) is 0 Å². The normalized spacial score (nSPS) is 11.8. The molecular formula is C20H17N3S2. The van der Waals surface area contributed by atoms with E-state index in [-0.39, 0.29) is 0 Å². The first-order chi connectivity index (χ1) is 12.4. The zero-order valence-electron chi connectivity index (χ0n) is 13.5. The number of rotatable bonds is 6. The van der Waals surface area contributed by atoms with Crippen molar-refractivity contribution in [3.8, 4) is 0 Å². The van der Waals surface area contributed by atoms with Crippen LogP contribution in [0.15, 0.2) is 101 Å². The number of nitrogens with zero attached hydrogens (tertiary/aromatic N) is 3. The minimum Gasteiger partial charge on any atom is -0.242 e. The predicted molar refractivity (Wildman–Crippen MR) is 108 cm³/mol. The van der Waals surface area contributed by atoms with Gasteiger partial charge in [0.05, 0.1) is 10.7 Å². The molecule has 3 aromatic rings. The Kier molecular flexibility index (Phi) is 6.85. The average molecular weight is 364 g/mol. The highest BCUT2D eigenvalue weighted by molar-refractivity contribution is 8.13. The Bertz CT molecular complexity index is 819. The van der Waals surface area contributed by atoms with Crippen LogP contribution < -0.4 is 0 Å². The Hall–Kier alpha value is -2.37. The van der Waals surface area contributed by atoms with Gasteiger partial charge in [0.15, 0.2) is 5.16 Å². The number of aromatic nitrogens is 2. The molecule has 0 aliphatic carbocycles. The largest absolute Gasteiger partial charge is 0.242 e. The van der Waals surface area contributed by atoms with Crippen molar-refractivity contribution >= 4 is 34.3 Å². The lowest BCUT2D eigenvalue weighted by Gasteiger charge is -2.03. The van der Waals surface area contributed by atoms with E-state index in [4.69, 9.17) is 4.99 Å². The summed E-state index contributed by atoms with van der Waals surface area (Å²) in [5.41, 5.74) is 2.23. The monoisotopic (exact) mass is 363 g/mol. The Labute approximate surface area is 156 Å². The molecule has 0 radical (unpaired) electrons. The number of aliphatic imine (C=N–C) groups is 1. The van der Waals surface area contributed by atoms with Crippen molar-refractivity contribution < 1.29 is 0 Å². The quantitative estimate of drug-likeness (QED) is 0.242. The van der Waals surface area contributed by atoms with Gasteiger partial charge in [-0.05, 0) is 35.2 Å². The van der Waals surface area contributed by atoms with Gasteiger partial charge >= 0.3 is 0 Å². The molecular weight excluding hydrogens is 346 g/mol. The highest BCUT2D eigenvalue weighted by atomic mass is 32.2. The molecule has 0 aliphatic rings. The van der Waals surface area contributed by atoms with E-state index < -0.39 is 0 Å². The van der Waals surface area contributed by atoms with Gasteiger partial charge in [-0.1, -0.05) is 60.3 Å². The van der Waals surface area contributed by atoms with Crippen LogP contribution >= 0.6 is 23.5 Å². The molecule has 25 heavy (non-hydrogen) atoms. The molecule has 3 rings (SSSR count). The van der Waals surface area contributed by atoms with E-state index in [0.717, 1.165) is 21.6 Å².